The Bertz CT molecular complexity index is 874. The van der Waals surface area contributed by atoms with Gasteiger partial charge in [-0.05, 0) is 24.3 Å². The fourth-order valence-electron chi connectivity index (χ4n) is 2.05. The number of halogens is 2. The summed E-state index contributed by atoms with van der Waals surface area (Å²) < 4.78 is 1.24. The Hall–Kier alpha value is -2.30. The summed E-state index contributed by atoms with van der Waals surface area (Å²) in [5.41, 5.74) is 7.62. The zero-order valence-electron chi connectivity index (χ0n) is 11.3. The zero-order chi connectivity index (χ0) is 15.7. The zero-order valence-corrected chi connectivity index (χ0v) is 12.8. The van der Waals surface area contributed by atoms with Crippen LogP contribution < -0.4 is 11.3 Å². The average Bonchev–Trinajstić information content (AvgIpc) is 2.55. The normalized spacial score (nSPS) is 10.6. The highest BCUT2D eigenvalue weighted by Crippen LogP contribution is 2.30. The standard InChI is InChI=1S/C16H11Cl2N3O/c17-13-14(18)16(22)21(12-4-2-1-3-5-12)20-15(13)10-6-8-11(19)9-7-10/h1-9H,19H2. The molecule has 0 amide bonds. The third kappa shape index (κ3) is 2.58. The van der Waals surface area contributed by atoms with Crippen LogP contribution in [0, 0.1) is 0 Å². The second-order valence-electron chi connectivity index (χ2n) is 4.65. The van der Waals surface area contributed by atoms with Crippen LogP contribution in [0.1, 0.15) is 0 Å². The Morgan fingerprint density at radius 2 is 1.55 bits per heavy atom. The van der Waals surface area contributed by atoms with E-state index in [1.54, 1.807) is 36.4 Å². The third-order valence-corrected chi connectivity index (χ3v) is 3.98. The molecule has 22 heavy (non-hydrogen) atoms. The lowest BCUT2D eigenvalue weighted by Gasteiger charge is -2.10. The fourth-order valence-corrected chi connectivity index (χ4v) is 2.45. The Morgan fingerprint density at radius 3 is 2.18 bits per heavy atom. The van der Waals surface area contributed by atoms with Gasteiger partial charge in [0.25, 0.3) is 5.56 Å². The van der Waals surface area contributed by atoms with Gasteiger partial charge in [0.1, 0.15) is 10.7 Å². The van der Waals surface area contributed by atoms with E-state index >= 15 is 0 Å². The lowest BCUT2D eigenvalue weighted by atomic mass is 10.1. The Morgan fingerprint density at radius 1 is 0.909 bits per heavy atom. The SMILES string of the molecule is Nc1ccc(-c2nn(-c3ccccc3)c(=O)c(Cl)c2Cl)cc1. The summed E-state index contributed by atoms with van der Waals surface area (Å²) in [5, 5.41) is 4.42. The Balaban J connectivity index is 2.26. The molecule has 110 valence electrons. The van der Waals surface area contributed by atoms with Crippen molar-refractivity contribution in [2.24, 2.45) is 0 Å². The van der Waals surface area contributed by atoms with E-state index in [2.05, 4.69) is 5.10 Å². The second kappa shape index (κ2) is 5.83. The van der Waals surface area contributed by atoms with Crippen molar-refractivity contribution >= 4 is 28.9 Å². The minimum absolute atomic E-state index is 0.0626. The number of nitrogens with zero attached hydrogens (tertiary/aromatic N) is 2. The highest BCUT2D eigenvalue weighted by atomic mass is 35.5. The maximum Gasteiger partial charge on any atom is 0.291 e. The second-order valence-corrected chi connectivity index (χ2v) is 5.41. The number of nitrogens with two attached hydrogens (primary N) is 1. The van der Waals surface area contributed by atoms with Crippen LogP contribution >= 0.6 is 23.2 Å². The molecule has 0 radical (unpaired) electrons. The number of benzene rings is 2. The summed E-state index contributed by atoms with van der Waals surface area (Å²) in [4.78, 5) is 12.3. The molecule has 6 heteroatoms. The van der Waals surface area contributed by atoms with Gasteiger partial charge in [-0.2, -0.15) is 9.78 Å². The van der Waals surface area contributed by atoms with E-state index in [1.807, 2.05) is 18.2 Å². The minimum atomic E-state index is -0.461. The van der Waals surface area contributed by atoms with Crippen molar-refractivity contribution in [3.05, 3.63) is 75.0 Å². The van der Waals surface area contributed by atoms with Gasteiger partial charge in [-0.25, -0.2) is 0 Å². The molecule has 3 rings (SSSR count). The topological polar surface area (TPSA) is 60.9 Å². The molecule has 0 aliphatic rings. The Kier molecular flexibility index (Phi) is 3.88. The number of aromatic nitrogens is 2. The summed E-state index contributed by atoms with van der Waals surface area (Å²) in [5.74, 6) is 0. The van der Waals surface area contributed by atoms with Crippen LogP contribution in [-0.2, 0) is 0 Å². The molecular formula is C16H11Cl2N3O. The summed E-state index contributed by atoms with van der Waals surface area (Å²) in [6.45, 7) is 0. The van der Waals surface area contributed by atoms with Crippen LogP contribution in [0.2, 0.25) is 10.0 Å². The van der Waals surface area contributed by atoms with E-state index in [9.17, 15) is 4.79 Å². The fraction of sp³-hybridized carbons (Fsp3) is 0. The molecule has 0 unspecified atom stereocenters. The predicted octanol–water partition coefficient (Wildman–Crippen LogP) is 3.79. The van der Waals surface area contributed by atoms with Crippen molar-refractivity contribution in [1.82, 2.24) is 9.78 Å². The van der Waals surface area contributed by atoms with Gasteiger partial charge in [0.05, 0.1) is 10.7 Å². The first-order chi connectivity index (χ1) is 10.6. The van der Waals surface area contributed by atoms with Gasteiger partial charge in [0, 0.05) is 11.3 Å². The minimum Gasteiger partial charge on any atom is -0.399 e. The van der Waals surface area contributed by atoms with Gasteiger partial charge in [-0.15, -0.1) is 0 Å². The van der Waals surface area contributed by atoms with Crippen LogP contribution in [0.25, 0.3) is 16.9 Å². The molecule has 3 aromatic rings. The predicted molar refractivity (Wildman–Crippen MR) is 89.7 cm³/mol. The summed E-state index contributed by atoms with van der Waals surface area (Å²) in [7, 11) is 0. The number of nitrogen functional groups attached to an aromatic ring is 1. The first-order valence-electron chi connectivity index (χ1n) is 6.47. The largest absolute Gasteiger partial charge is 0.399 e. The summed E-state index contributed by atoms with van der Waals surface area (Å²) in [6, 6.07) is 16.0. The smallest absolute Gasteiger partial charge is 0.291 e. The van der Waals surface area contributed by atoms with Crippen LogP contribution in [0.4, 0.5) is 5.69 Å². The van der Waals surface area contributed by atoms with E-state index < -0.39 is 5.56 Å². The van der Waals surface area contributed by atoms with E-state index in [-0.39, 0.29) is 10.0 Å². The third-order valence-electron chi connectivity index (χ3n) is 3.17. The van der Waals surface area contributed by atoms with Crippen LogP contribution in [0.5, 0.6) is 0 Å². The molecule has 1 aromatic heterocycles. The van der Waals surface area contributed by atoms with Crippen molar-refractivity contribution in [1.29, 1.82) is 0 Å². The number of anilines is 1. The van der Waals surface area contributed by atoms with Crippen molar-refractivity contribution < 1.29 is 0 Å². The average molecular weight is 332 g/mol. The monoisotopic (exact) mass is 331 g/mol. The van der Waals surface area contributed by atoms with Crippen molar-refractivity contribution in [3.63, 3.8) is 0 Å². The first-order valence-corrected chi connectivity index (χ1v) is 7.23. The number of rotatable bonds is 2. The summed E-state index contributed by atoms with van der Waals surface area (Å²) in [6.07, 6.45) is 0. The van der Waals surface area contributed by atoms with Crippen molar-refractivity contribution in [3.8, 4) is 16.9 Å². The highest BCUT2D eigenvalue weighted by Gasteiger charge is 2.16. The molecule has 0 aliphatic carbocycles. The highest BCUT2D eigenvalue weighted by molar-refractivity contribution is 6.43. The van der Waals surface area contributed by atoms with Gasteiger partial charge in [-0.3, -0.25) is 4.79 Å². The lowest BCUT2D eigenvalue weighted by Crippen LogP contribution is -2.22. The molecule has 0 atom stereocenters. The quantitative estimate of drug-likeness (QED) is 0.727. The van der Waals surface area contributed by atoms with Gasteiger partial charge in [0.15, 0.2) is 0 Å². The van der Waals surface area contributed by atoms with Crippen LogP contribution in [0.15, 0.2) is 59.4 Å². The van der Waals surface area contributed by atoms with Crippen molar-refractivity contribution in [2.45, 2.75) is 0 Å². The number of hydrogen-bond donors (Lipinski definition) is 1. The van der Waals surface area contributed by atoms with Crippen molar-refractivity contribution in [2.75, 3.05) is 5.73 Å². The van der Waals surface area contributed by atoms with Gasteiger partial charge < -0.3 is 5.73 Å². The molecule has 1 heterocycles. The maximum absolute atomic E-state index is 12.3. The van der Waals surface area contributed by atoms with Gasteiger partial charge in [0.2, 0.25) is 0 Å². The maximum atomic E-state index is 12.3. The molecule has 4 nitrogen and oxygen atoms in total. The molecule has 0 saturated carbocycles. The molecule has 0 saturated heterocycles. The van der Waals surface area contributed by atoms with E-state index in [1.165, 1.54) is 4.68 Å². The molecule has 2 N–H and O–H groups in total. The molecule has 0 spiro atoms. The van der Waals surface area contributed by atoms with Crippen LogP contribution in [0.3, 0.4) is 0 Å². The molecule has 0 aliphatic heterocycles. The molecule has 0 bridgehead atoms. The van der Waals surface area contributed by atoms with Crippen LogP contribution in [-0.4, -0.2) is 9.78 Å². The molecule has 2 aromatic carbocycles. The number of para-hydroxylation sites is 1. The van der Waals surface area contributed by atoms with E-state index in [4.69, 9.17) is 28.9 Å². The van der Waals surface area contributed by atoms with Gasteiger partial charge in [-0.1, -0.05) is 53.5 Å². The molecular weight excluding hydrogens is 321 g/mol. The van der Waals surface area contributed by atoms with E-state index in [0.29, 0.717) is 17.1 Å². The number of hydrogen-bond acceptors (Lipinski definition) is 3. The lowest BCUT2D eigenvalue weighted by molar-refractivity contribution is 0.813. The van der Waals surface area contributed by atoms with E-state index in [0.717, 1.165) is 5.56 Å². The van der Waals surface area contributed by atoms with Gasteiger partial charge >= 0.3 is 0 Å². The molecule has 0 fully saturated rings. The first kappa shape index (κ1) is 14.6. The Labute approximate surface area is 136 Å². The summed E-state index contributed by atoms with van der Waals surface area (Å²) >= 11 is 12.3.